The van der Waals surface area contributed by atoms with Crippen LogP contribution in [0.5, 0.6) is 0 Å². The lowest BCUT2D eigenvalue weighted by molar-refractivity contribution is 0.669. The number of nitriles is 1. The van der Waals surface area contributed by atoms with Gasteiger partial charge in [0, 0.05) is 33.2 Å². The van der Waals surface area contributed by atoms with Gasteiger partial charge in [-0.05, 0) is 99.1 Å². The van der Waals surface area contributed by atoms with E-state index >= 15 is 0 Å². The monoisotopic (exact) mass is 829 g/mol. The Bertz CT molecular complexity index is 3650. The van der Waals surface area contributed by atoms with Crippen LogP contribution in [-0.2, 0) is 5.41 Å². The van der Waals surface area contributed by atoms with Crippen molar-refractivity contribution in [3.63, 3.8) is 0 Å². The molecule has 1 spiro atoms. The minimum Gasteiger partial charge on any atom is -0.456 e. The van der Waals surface area contributed by atoms with Gasteiger partial charge in [-0.15, -0.1) is 0 Å². The average Bonchev–Trinajstić information content (AvgIpc) is 3.90. The minimum absolute atomic E-state index is 0.431. The molecule has 0 amide bonds. The lowest BCUT2D eigenvalue weighted by atomic mass is 9.64. The Labute approximate surface area is 375 Å². The molecular formula is C59H35N5O. The van der Waals surface area contributed by atoms with Gasteiger partial charge in [0.15, 0.2) is 17.5 Å². The first-order valence-corrected chi connectivity index (χ1v) is 21.7. The van der Waals surface area contributed by atoms with Gasteiger partial charge < -0.3 is 9.32 Å². The first kappa shape index (κ1) is 36.7. The van der Waals surface area contributed by atoms with Gasteiger partial charge in [0.25, 0.3) is 0 Å². The Morgan fingerprint density at radius 3 is 1.66 bits per heavy atom. The number of hydrogen-bond donors (Lipinski definition) is 0. The van der Waals surface area contributed by atoms with E-state index in [2.05, 4.69) is 138 Å². The van der Waals surface area contributed by atoms with Crippen LogP contribution in [-0.4, -0.2) is 15.0 Å². The van der Waals surface area contributed by atoms with Crippen LogP contribution in [0.2, 0.25) is 0 Å². The van der Waals surface area contributed by atoms with E-state index in [4.69, 9.17) is 19.4 Å². The molecule has 0 atom stereocenters. The van der Waals surface area contributed by atoms with Crippen LogP contribution in [0.4, 0.5) is 17.1 Å². The molecular weight excluding hydrogens is 795 g/mol. The summed E-state index contributed by atoms with van der Waals surface area (Å²) in [7, 11) is 0. The van der Waals surface area contributed by atoms with Crippen molar-refractivity contribution >= 4 is 39.0 Å². The highest BCUT2D eigenvalue weighted by Crippen LogP contribution is 2.63. The third-order valence-electron chi connectivity index (χ3n) is 13.2. The van der Waals surface area contributed by atoms with E-state index in [-0.39, 0.29) is 0 Å². The van der Waals surface area contributed by atoms with Crippen LogP contribution in [0, 0.1) is 11.3 Å². The Balaban J connectivity index is 0.997. The Morgan fingerprint density at radius 2 is 0.954 bits per heavy atom. The molecule has 13 rings (SSSR count). The summed E-state index contributed by atoms with van der Waals surface area (Å²) in [6, 6.07) is 76.4. The van der Waals surface area contributed by atoms with Crippen molar-refractivity contribution in [2.45, 2.75) is 5.41 Å². The number of hydrogen-bond acceptors (Lipinski definition) is 6. The molecule has 2 aliphatic rings. The smallest absolute Gasteiger partial charge is 0.165 e. The molecule has 6 nitrogen and oxygen atoms in total. The summed E-state index contributed by atoms with van der Waals surface area (Å²) >= 11 is 0. The standard InChI is InChI=1S/C59H35N5O/c60-36-41-27-30-42(35-45(41)58-62-56(37-15-3-1-4-16-37)61-57(63-58)38-17-5-2-6-18-38)64-52-24-12-10-22-50(52)59(51-23-11-13-25-53(51)64)48-21-9-7-19-43(48)46-33-39(28-31-49(46)59)40-29-32-55-47(34-40)44-20-8-14-26-54(44)65-55/h1-35H. The van der Waals surface area contributed by atoms with Gasteiger partial charge in [0.1, 0.15) is 11.2 Å². The topological polar surface area (TPSA) is 78.8 Å². The minimum atomic E-state index is -0.613. The molecule has 0 saturated carbocycles. The Morgan fingerprint density at radius 1 is 0.400 bits per heavy atom. The van der Waals surface area contributed by atoms with E-state index in [1.807, 2.05) is 84.9 Å². The summed E-state index contributed by atoms with van der Waals surface area (Å²) in [5.74, 6) is 1.51. The summed E-state index contributed by atoms with van der Waals surface area (Å²) in [5, 5.41) is 12.9. The molecule has 0 saturated heterocycles. The molecule has 9 aromatic carbocycles. The summed E-state index contributed by atoms with van der Waals surface area (Å²) in [4.78, 5) is 17.4. The number of aromatic nitrogens is 3. The number of rotatable bonds is 5. The first-order valence-electron chi connectivity index (χ1n) is 21.7. The van der Waals surface area contributed by atoms with Crippen LogP contribution in [0.15, 0.2) is 217 Å². The van der Waals surface area contributed by atoms with Crippen LogP contribution in [0.25, 0.3) is 78.4 Å². The molecule has 0 fully saturated rings. The van der Waals surface area contributed by atoms with Crippen molar-refractivity contribution in [2.75, 3.05) is 4.90 Å². The number of furan rings is 1. The average molecular weight is 830 g/mol. The quantitative estimate of drug-likeness (QED) is 0.172. The van der Waals surface area contributed by atoms with Gasteiger partial charge in [-0.3, -0.25) is 0 Å². The molecule has 0 radical (unpaired) electrons. The van der Waals surface area contributed by atoms with E-state index in [0.717, 1.165) is 61.3 Å². The fraction of sp³-hybridized carbons (Fsp3) is 0.0169. The number of anilines is 3. The molecule has 0 unspecified atom stereocenters. The van der Waals surface area contributed by atoms with E-state index < -0.39 is 5.41 Å². The highest BCUT2D eigenvalue weighted by atomic mass is 16.3. The second-order valence-corrected chi connectivity index (χ2v) is 16.6. The SMILES string of the molecule is N#Cc1ccc(N2c3ccccc3C3(c4ccccc4-c4cc(-c5ccc6oc7ccccc7c6c5)ccc43)c3ccccc32)cc1-c1nc(-c2ccccc2)nc(-c2ccccc2)n1. The highest BCUT2D eigenvalue weighted by molar-refractivity contribution is 6.06. The second-order valence-electron chi connectivity index (χ2n) is 16.6. The Kier molecular flexibility index (Phi) is 8.08. The van der Waals surface area contributed by atoms with Gasteiger partial charge in [-0.2, -0.15) is 5.26 Å². The van der Waals surface area contributed by atoms with Crippen molar-refractivity contribution in [2.24, 2.45) is 0 Å². The summed E-state index contributed by atoms with van der Waals surface area (Å²) in [6.45, 7) is 0. The largest absolute Gasteiger partial charge is 0.456 e. The molecule has 65 heavy (non-hydrogen) atoms. The molecule has 302 valence electrons. The maximum absolute atomic E-state index is 10.6. The molecule has 2 aromatic heterocycles. The predicted molar refractivity (Wildman–Crippen MR) is 259 cm³/mol. The van der Waals surface area contributed by atoms with Crippen molar-refractivity contribution < 1.29 is 4.42 Å². The van der Waals surface area contributed by atoms with Crippen LogP contribution >= 0.6 is 0 Å². The van der Waals surface area contributed by atoms with Gasteiger partial charge in [0.2, 0.25) is 0 Å². The number of benzene rings is 9. The Hall–Kier alpha value is -8.92. The molecule has 0 bridgehead atoms. The van der Waals surface area contributed by atoms with Crippen molar-refractivity contribution in [1.29, 1.82) is 5.26 Å². The zero-order chi connectivity index (χ0) is 43.1. The van der Waals surface area contributed by atoms with Gasteiger partial charge in [-0.25, -0.2) is 15.0 Å². The molecule has 3 heterocycles. The van der Waals surface area contributed by atoms with Crippen LogP contribution in [0.1, 0.15) is 27.8 Å². The summed E-state index contributed by atoms with van der Waals surface area (Å²) < 4.78 is 6.20. The van der Waals surface area contributed by atoms with Gasteiger partial charge in [0.05, 0.1) is 28.4 Å². The zero-order valence-corrected chi connectivity index (χ0v) is 34.9. The van der Waals surface area contributed by atoms with Crippen molar-refractivity contribution in [3.8, 4) is 62.5 Å². The zero-order valence-electron chi connectivity index (χ0n) is 34.9. The highest BCUT2D eigenvalue weighted by Gasteiger charge is 2.51. The fourth-order valence-electron chi connectivity index (χ4n) is 10.4. The summed E-state index contributed by atoms with van der Waals surface area (Å²) in [6.07, 6.45) is 0. The molecule has 1 aliphatic heterocycles. The van der Waals surface area contributed by atoms with E-state index in [1.54, 1.807) is 0 Å². The van der Waals surface area contributed by atoms with Crippen LogP contribution < -0.4 is 4.90 Å². The number of fused-ring (bicyclic) bond motifs is 12. The summed E-state index contributed by atoms with van der Waals surface area (Å²) in [5.41, 5.74) is 16.6. The third kappa shape index (κ3) is 5.49. The lowest BCUT2D eigenvalue weighted by Crippen LogP contribution is -2.36. The van der Waals surface area contributed by atoms with Crippen molar-refractivity contribution in [3.05, 3.63) is 240 Å². The van der Waals surface area contributed by atoms with Crippen LogP contribution in [0.3, 0.4) is 0 Å². The third-order valence-corrected chi connectivity index (χ3v) is 13.2. The van der Waals surface area contributed by atoms with E-state index in [1.165, 1.54) is 33.4 Å². The van der Waals surface area contributed by atoms with Gasteiger partial charge >= 0.3 is 0 Å². The van der Waals surface area contributed by atoms with Gasteiger partial charge in [-0.1, -0.05) is 158 Å². The second kappa shape index (κ2) is 14.3. The molecule has 1 aliphatic carbocycles. The number of nitrogens with zero attached hydrogens (tertiary/aromatic N) is 5. The normalized spacial score (nSPS) is 13.0. The maximum Gasteiger partial charge on any atom is 0.165 e. The molecule has 0 N–H and O–H groups in total. The maximum atomic E-state index is 10.6. The molecule has 11 aromatic rings. The van der Waals surface area contributed by atoms with E-state index in [9.17, 15) is 5.26 Å². The lowest BCUT2D eigenvalue weighted by Gasteiger charge is -2.45. The van der Waals surface area contributed by atoms with Crippen molar-refractivity contribution in [1.82, 2.24) is 15.0 Å². The first-order chi connectivity index (χ1) is 32.2. The van der Waals surface area contributed by atoms with E-state index in [0.29, 0.717) is 28.6 Å². The predicted octanol–water partition coefficient (Wildman–Crippen LogP) is 14.5. The molecule has 6 heteroatoms. The fourth-order valence-corrected chi connectivity index (χ4v) is 10.4. The number of para-hydroxylation sites is 3.